The lowest BCUT2D eigenvalue weighted by Crippen LogP contribution is -2.54. The Morgan fingerprint density at radius 2 is 1.91 bits per heavy atom. The number of nitrogens with zero attached hydrogens (tertiary/aromatic N) is 3. The monoisotopic (exact) mass is 477 g/mol. The van der Waals surface area contributed by atoms with Crippen molar-refractivity contribution in [2.45, 2.75) is 32.0 Å². The summed E-state index contributed by atoms with van der Waals surface area (Å²) in [6.07, 6.45) is 0.317. The number of amides is 3. The van der Waals surface area contributed by atoms with E-state index in [2.05, 4.69) is 0 Å². The van der Waals surface area contributed by atoms with Gasteiger partial charge in [0.15, 0.2) is 5.78 Å². The van der Waals surface area contributed by atoms with Crippen LogP contribution in [0.25, 0.3) is 0 Å². The molecular weight excluding hydrogens is 453 g/mol. The fraction of sp³-hybridized carbons (Fsp3) is 0.308. The summed E-state index contributed by atoms with van der Waals surface area (Å²) in [5.74, 6) is -0.186. The van der Waals surface area contributed by atoms with Gasteiger partial charge in [0.05, 0.1) is 23.9 Å². The number of ether oxygens (including phenoxy) is 2. The Bertz CT molecular complexity index is 1220. The predicted octanol–water partition coefficient (Wildman–Crippen LogP) is 4.80. The molecule has 1 atom stereocenters. The van der Waals surface area contributed by atoms with Gasteiger partial charge in [-0.25, -0.2) is 18.9 Å². The molecule has 1 unspecified atom stereocenters. The Balaban J connectivity index is 1.90. The fourth-order valence-corrected chi connectivity index (χ4v) is 4.42. The first-order valence-electron chi connectivity index (χ1n) is 11.2. The number of allylic oxidation sites excluding steroid dienone is 1. The van der Waals surface area contributed by atoms with Crippen molar-refractivity contribution in [3.8, 4) is 6.07 Å². The average molecular weight is 477 g/mol. The summed E-state index contributed by atoms with van der Waals surface area (Å²) >= 11 is 0. The van der Waals surface area contributed by atoms with E-state index in [9.17, 15) is 24.0 Å². The van der Waals surface area contributed by atoms with Crippen molar-refractivity contribution < 1.29 is 28.2 Å². The summed E-state index contributed by atoms with van der Waals surface area (Å²) < 4.78 is 23.6. The molecule has 2 aliphatic rings. The maximum absolute atomic E-state index is 13.9. The van der Waals surface area contributed by atoms with Gasteiger partial charge in [0.2, 0.25) is 0 Å². The second-order valence-electron chi connectivity index (χ2n) is 8.17. The van der Waals surface area contributed by atoms with Gasteiger partial charge in [0, 0.05) is 24.8 Å². The van der Waals surface area contributed by atoms with Crippen LogP contribution in [-0.2, 0) is 20.9 Å². The van der Waals surface area contributed by atoms with Crippen LogP contribution in [0.2, 0.25) is 0 Å². The van der Waals surface area contributed by atoms with Gasteiger partial charge < -0.3 is 9.47 Å². The van der Waals surface area contributed by atoms with Crippen LogP contribution in [0, 0.1) is 11.3 Å². The van der Waals surface area contributed by atoms with E-state index >= 15 is 0 Å². The van der Waals surface area contributed by atoms with E-state index in [4.69, 9.17) is 9.47 Å². The number of rotatable bonds is 6. The van der Waals surface area contributed by atoms with Gasteiger partial charge in [-0.05, 0) is 48.2 Å². The van der Waals surface area contributed by atoms with Crippen molar-refractivity contribution in [3.05, 3.63) is 76.5 Å². The van der Waals surface area contributed by atoms with Gasteiger partial charge in [-0.3, -0.25) is 9.69 Å². The molecule has 180 valence electrons. The van der Waals surface area contributed by atoms with Crippen molar-refractivity contribution in [2.24, 2.45) is 0 Å². The van der Waals surface area contributed by atoms with Crippen molar-refractivity contribution in [3.63, 3.8) is 0 Å². The average Bonchev–Trinajstić information content (AvgIpc) is 2.88. The Hall–Kier alpha value is -4.03. The van der Waals surface area contributed by atoms with Crippen molar-refractivity contribution in [2.75, 3.05) is 25.2 Å². The van der Waals surface area contributed by atoms with Gasteiger partial charge in [-0.1, -0.05) is 24.3 Å². The molecule has 0 radical (unpaired) electrons. The molecule has 0 aromatic heterocycles. The Labute approximate surface area is 202 Å². The number of benzene rings is 2. The number of urea groups is 1. The lowest BCUT2D eigenvalue weighted by atomic mass is 9.83. The number of halogens is 1. The van der Waals surface area contributed by atoms with Gasteiger partial charge in [-0.2, -0.15) is 5.26 Å². The summed E-state index contributed by atoms with van der Waals surface area (Å²) in [6, 6.07) is 13.1. The number of imide groups is 1. The molecule has 2 aromatic rings. The number of anilines is 1. The number of nitriles is 1. The molecule has 4 rings (SSSR count). The zero-order chi connectivity index (χ0) is 24.9. The minimum Gasteiger partial charge on any atom is -0.447 e. The lowest BCUT2D eigenvalue weighted by Gasteiger charge is -2.43. The highest BCUT2D eigenvalue weighted by molar-refractivity contribution is 6.10. The quantitative estimate of drug-likeness (QED) is 0.554. The third-order valence-electron chi connectivity index (χ3n) is 6.02. The maximum Gasteiger partial charge on any atom is 0.418 e. The number of ketones is 1. The number of hydrogen-bond acceptors (Lipinski definition) is 6. The van der Waals surface area contributed by atoms with Crippen molar-refractivity contribution in [1.82, 2.24) is 4.90 Å². The first-order chi connectivity index (χ1) is 17.0. The van der Waals surface area contributed by atoms with Crippen LogP contribution >= 0.6 is 0 Å². The molecule has 2 aromatic carbocycles. The molecule has 1 aliphatic heterocycles. The predicted molar refractivity (Wildman–Crippen MR) is 124 cm³/mol. The van der Waals surface area contributed by atoms with E-state index in [1.54, 1.807) is 42.5 Å². The number of Topliss-reactive ketones (excluding diaryl/α,β-unsaturated/α-hetero) is 1. The van der Waals surface area contributed by atoms with E-state index in [1.807, 2.05) is 6.07 Å². The van der Waals surface area contributed by atoms with E-state index in [1.165, 1.54) is 18.1 Å². The molecule has 8 nitrogen and oxygen atoms in total. The first-order valence-corrected chi connectivity index (χ1v) is 11.2. The minimum absolute atomic E-state index is 0.0869. The van der Waals surface area contributed by atoms with E-state index in [0.29, 0.717) is 46.5 Å². The zero-order valence-corrected chi connectivity index (χ0v) is 19.2. The highest BCUT2D eigenvalue weighted by Crippen LogP contribution is 2.44. The summed E-state index contributed by atoms with van der Waals surface area (Å²) in [5.41, 5.74) is 2.43. The molecule has 0 N–H and O–H groups in total. The van der Waals surface area contributed by atoms with Gasteiger partial charge in [0.1, 0.15) is 19.3 Å². The van der Waals surface area contributed by atoms with Crippen molar-refractivity contribution in [1.29, 1.82) is 5.26 Å². The second-order valence-corrected chi connectivity index (χ2v) is 8.17. The lowest BCUT2D eigenvalue weighted by molar-refractivity contribution is -0.116. The molecule has 0 spiro atoms. The molecule has 9 heteroatoms. The van der Waals surface area contributed by atoms with Gasteiger partial charge in [-0.15, -0.1) is 0 Å². The molecule has 0 saturated heterocycles. The number of hydrogen-bond donors (Lipinski definition) is 0. The number of methoxy groups -OCH3 is 1. The van der Waals surface area contributed by atoms with Crippen LogP contribution in [0.4, 0.5) is 19.7 Å². The Morgan fingerprint density at radius 1 is 1.14 bits per heavy atom. The molecule has 1 heterocycles. The Kier molecular flexibility index (Phi) is 7.22. The van der Waals surface area contributed by atoms with Crippen LogP contribution < -0.4 is 4.90 Å². The summed E-state index contributed by atoms with van der Waals surface area (Å²) in [7, 11) is 1.46. The molecular formula is C26H24FN3O5. The van der Waals surface area contributed by atoms with Gasteiger partial charge >= 0.3 is 12.1 Å². The molecule has 3 amide bonds. The normalized spacial score (nSPS) is 17.8. The third-order valence-corrected chi connectivity index (χ3v) is 6.02. The molecule has 35 heavy (non-hydrogen) atoms. The van der Waals surface area contributed by atoms with Crippen molar-refractivity contribution >= 4 is 23.6 Å². The highest BCUT2D eigenvalue weighted by Gasteiger charge is 2.47. The minimum atomic E-state index is -1.02. The molecule has 1 aliphatic carbocycles. The second kappa shape index (κ2) is 10.5. The SMILES string of the molecule is COCCOC(=O)N1C(=O)N(c2cccc(CF)c2)C2=C(C(=O)CCC2)C1c1ccc(C#N)cc1. The zero-order valence-electron chi connectivity index (χ0n) is 19.2. The van der Waals surface area contributed by atoms with Gasteiger partial charge in [0.25, 0.3) is 0 Å². The smallest absolute Gasteiger partial charge is 0.418 e. The summed E-state index contributed by atoms with van der Waals surface area (Å²) in [4.78, 5) is 42.6. The van der Waals surface area contributed by atoms with Crippen LogP contribution in [0.1, 0.15) is 42.0 Å². The van der Waals surface area contributed by atoms with Crippen LogP contribution in [-0.4, -0.2) is 43.1 Å². The number of alkyl halides is 1. The molecule has 0 fully saturated rings. The number of carbonyl (C=O) groups excluding carboxylic acids is 3. The molecule has 0 bridgehead atoms. The fourth-order valence-electron chi connectivity index (χ4n) is 4.42. The molecule has 0 saturated carbocycles. The van der Waals surface area contributed by atoms with E-state index in [-0.39, 0.29) is 25.4 Å². The van der Waals surface area contributed by atoms with Crippen LogP contribution in [0.15, 0.2) is 59.8 Å². The topological polar surface area (TPSA) is 99.9 Å². The van der Waals surface area contributed by atoms with Crippen LogP contribution in [0.3, 0.4) is 0 Å². The summed E-state index contributed by atoms with van der Waals surface area (Å²) in [5, 5.41) is 9.18. The van der Waals surface area contributed by atoms with E-state index in [0.717, 1.165) is 4.90 Å². The highest BCUT2D eigenvalue weighted by atomic mass is 19.1. The first kappa shape index (κ1) is 24.1. The third kappa shape index (κ3) is 4.66. The largest absolute Gasteiger partial charge is 0.447 e. The van der Waals surface area contributed by atoms with E-state index < -0.39 is 24.8 Å². The Morgan fingerprint density at radius 3 is 2.60 bits per heavy atom. The number of carbonyl (C=O) groups is 3. The standard InChI is InChI=1S/C26H24FN3O5/c1-34-12-13-35-26(33)30-24(19-10-8-17(16-28)9-11-19)23-21(6-3-7-22(23)31)29(25(30)32)20-5-2-4-18(14-20)15-27/h2,4-5,8-11,14,24H,3,6-7,12-13,15H2,1H3. The van der Waals surface area contributed by atoms with Crippen LogP contribution in [0.5, 0.6) is 0 Å². The summed E-state index contributed by atoms with van der Waals surface area (Å²) in [6.45, 7) is -0.682. The maximum atomic E-state index is 13.9.